The normalized spacial score (nSPS) is 12.8. The lowest BCUT2D eigenvalue weighted by atomic mass is 10.1. The SMILES string of the molecule is C[S+](C)C(C(=O)O)c1ccccc1. The maximum absolute atomic E-state index is 10.9. The second-order valence-electron chi connectivity index (χ2n) is 3.01. The molecule has 0 aliphatic carbocycles. The number of rotatable bonds is 3. The number of carboxylic acid groups (broad SMARTS) is 1. The van der Waals surface area contributed by atoms with E-state index in [0.29, 0.717) is 0 Å². The maximum atomic E-state index is 10.9. The van der Waals surface area contributed by atoms with Gasteiger partial charge in [-0.15, -0.1) is 0 Å². The van der Waals surface area contributed by atoms with Crippen molar-refractivity contribution in [1.82, 2.24) is 0 Å². The molecule has 0 amide bonds. The van der Waals surface area contributed by atoms with Crippen molar-refractivity contribution in [2.75, 3.05) is 12.5 Å². The van der Waals surface area contributed by atoms with Gasteiger partial charge in [0.1, 0.15) is 0 Å². The predicted molar refractivity (Wildman–Crippen MR) is 56.0 cm³/mol. The Balaban J connectivity index is 2.96. The third kappa shape index (κ3) is 2.49. The number of carboxylic acids is 1. The van der Waals surface area contributed by atoms with Gasteiger partial charge in [0.15, 0.2) is 0 Å². The van der Waals surface area contributed by atoms with Crippen LogP contribution >= 0.6 is 0 Å². The molecule has 1 aromatic rings. The summed E-state index contributed by atoms with van der Waals surface area (Å²) in [7, 11) is -0.134. The van der Waals surface area contributed by atoms with Crippen LogP contribution in [-0.4, -0.2) is 23.6 Å². The zero-order valence-corrected chi connectivity index (χ0v) is 8.54. The molecule has 0 radical (unpaired) electrons. The number of benzene rings is 1. The largest absolute Gasteiger partial charge is 0.477 e. The average molecular weight is 197 g/mol. The molecule has 1 N–H and O–H groups in total. The molecular weight excluding hydrogens is 184 g/mol. The highest BCUT2D eigenvalue weighted by atomic mass is 32.2. The van der Waals surface area contributed by atoms with Crippen LogP contribution in [0.1, 0.15) is 10.8 Å². The van der Waals surface area contributed by atoms with E-state index >= 15 is 0 Å². The molecule has 0 spiro atoms. The van der Waals surface area contributed by atoms with E-state index in [1.54, 1.807) is 0 Å². The second kappa shape index (κ2) is 4.33. The van der Waals surface area contributed by atoms with Crippen LogP contribution in [0.3, 0.4) is 0 Å². The molecule has 0 bridgehead atoms. The van der Waals surface area contributed by atoms with Gasteiger partial charge >= 0.3 is 5.97 Å². The standard InChI is InChI=1S/C10H12O2S/c1-13(2)9(10(11)12)8-6-4-3-5-7-8/h3-7,9H,1-2H3/p+1. The first-order valence-electron chi connectivity index (χ1n) is 3.97. The smallest absolute Gasteiger partial charge is 0.361 e. The third-order valence-corrected chi connectivity index (χ3v) is 3.21. The first kappa shape index (κ1) is 10.1. The van der Waals surface area contributed by atoms with Gasteiger partial charge in [0.2, 0.25) is 5.25 Å². The Morgan fingerprint density at radius 2 is 1.85 bits per heavy atom. The van der Waals surface area contributed by atoms with Gasteiger partial charge in [0.05, 0.1) is 12.5 Å². The van der Waals surface area contributed by atoms with Gasteiger partial charge in [-0.25, -0.2) is 4.79 Å². The van der Waals surface area contributed by atoms with Crippen molar-refractivity contribution < 1.29 is 9.90 Å². The molecule has 1 rings (SSSR count). The van der Waals surface area contributed by atoms with E-state index in [9.17, 15) is 4.79 Å². The Morgan fingerprint density at radius 1 is 1.31 bits per heavy atom. The van der Waals surface area contributed by atoms with E-state index in [4.69, 9.17) is 5.11 Å². The van der Waals surface area contributed by atoms with Crippen LogP contribution in [0.2, 0.25) is 0 Å². The van der Waals surface area contributed by atoms with E-state index in [2.05, 4.69) is 0 Å². The van der Waals surface area contributed by atoms with E-state index in [0.717, 1.165) is 5.56 Å². The van der Waals surface area contributed by atoms with Gasteiger partial charge < -0.3 is 5.11 Å². The van der Waals surface area contributed by atoms with Crippen LogP contribution in [-0.2, 0) is 15.7 Å². The van der Waals surface area contributed by atoms with Gasteiger partial charge in [-0.2, -0.15) is 0 Å². The summed E-state index contributed by atoms with van der Waals surface area (Å²) in [5.74, 6) is -0.737. The predicted octanol–water partition coefficient (Wildman–Crippen LogP) is 1.69. The highest BCUT2D eigenvalue weighted by molar-refractivity contribution is 7.96. The molecule has 0 saturated carbocycles. The molecular formula is C10H13O2S+. The van der Waals surface area contributed by atoms with Crippen molar-refractivity contribution >= 4 is 16.9 Å². The Morgan fingerprint density at radius 3 is 2.23 bits per heavy atom. The molecule has 70 valence electrons. The van der Waals surface area contributed by atoms with E-state index in [1.165, 1.54) is 0 Å². The molecule has 0 saturated heterocycles. The fraction of sp³-hybridized carbons (Fsp3) is 0.300. The molecule has 2 nitrogen and oxygen atoms in total. The highest BCUT2D eigenvalue weighted by Crippen LogP contribution is 2.21. The molecule has 0 aliphatic heterocycles. The first-order valence-corrected chi connectivity index (χ1v) is 6.07. The van der Waals surface area contributed by atoms with Crippen LogP contribution < -0.4 is 0 Å². The fourth-order valence-electron chi connectivity index (χ4n) is 1.24. The number of hydrogen-bond donors (Lipinski definition) is 1. The number of hydrogen-bond acceptors (Lipinski definition) is 1. The Bertz CT molecular complexity index is 282. The summed E-state index contributed by atoms with van der Waals surface area (Å²) in [6, 6.07) is 9.37. The van der Waals surface area contributed by atoms with E-state index < -0.39 is 5.97 Å². The van der Waals surface area contributed by atoms with Crippen molar-refractivity contribution in [1.29, 1.82) is 0 Å². The summed E-state index contributed by atoms with van der Waals surface area (Å²) in [6.07, 6.45) is 3.90. The van der Waals surface area contributed by atoms with Crippen molar-refractivity contribution in [2.24, 2.45) is 0 Å². The fourth-order valence-corrected chi connectivity index (χ4v) is 2.35. The van der Waals surface area contributed by atoms with Crippen molar-refractivity contribution in [3.8, 4) is 0 Å². The monoisotopic (exact) mass is 197 g/mol. The summed E-state index contributed by atoms with van der Waals surface area (Å²) >= 11 is 0. The molecule has 3 heteroatoms. The summed E-state index contributed by atoms with van der Waals surface area (Å²) < 4.78 is 0. The Hall–Kier alpha value is -0.960. The molecule has 13 heavy (non-hydrogen) atoms. The second-order valence-corrected chi connectivity index (χ2v) is 5.24. The van der Waals surface area contributed by atoms with Crippen LogP contribution in [0, 0.1) is 0 Å². The van der Waals surface area contributed by atoms with Gasteiger partial charge in [-0.3, -0.25) is 0 Å². The summed E-state index contributed by atoms with van der Waals surface area (Å²) in [6.45, 7) is 0. The quantitative estimate of drug-likeness (QED) is 0.749. The average Bonchev–Trinajstić information content (AvgIpc) is 2.04. The number of carbonyl (C=O) groups is 1. The van der Waals surface area contributed by atoms with Gasteiger partial charge in [0, 0.05) is 16.5 Å². The first-order chi connectivity index (χ1) is 6.13. The Labute approximate surface area is 80.9 Å². The molecule has 1 atom stereocenters. The molecule has 1 aromatic carbocycles. The Kier molecular flexibility index (Phi) is 3.37. The van der Waals surface area contributed by atoms with Gasteiger partial charge in [-0.1, -0.05) is 30.3 Å². The van der Waals surface area contributed by atoms with Crippen molar-refractivity contribution in [2.45, 2.75) is 5.25 Å². The van der Waals surface area contributed by atoms with Crippen LogP contribution in [0.15, 0.2) is 30.3 Å². The van der Waals surface area contributed by atoms with Crippen molar-refractivity contribution in [3.05, 3.63) is 35.9 Å². The molecule has 0 fully saturated rings. The minimum Gasteiger partial charge on any atom is -0.477 e. The lowest BCUT2D eigenvalue weighted by molar-refractivity contribution is -0.136. The zero-order chi connectivity index (χ0) is 9.84. The third-order valence-electron chi connectivity index (χ3n) is 1.80. The van der Waals surface area contributed by atoms with E-state index in [1.807, 2.05) is 42.8 Å². The van der Waals surface area contributed by atoms with Crippen LogP contribution in [0.5, 0.6) is 0 Å². The minimum absolute atomic E-state index is 0.134. The molecule has 0 heterocycles. The lowest BCUT2D eigenvalue weighted by Crippen LogP contribution is -2.19. The summed E-state index contributed by atoms with van der Waals surface area (Å²) in [5, 5.41) is 8.64. The van der Waals surface area contributed by atoms with Gasteiger partial charge in [0.25, 0.3) is 0 Å². The molecule has 0 aromatic heterocycles. The number of aliphatic carboxylic acids is 1. The highest BCUT2D eigenvalue weighted by Gasteiger charge is 2.31. The summed E-state index contributed by atoms with van der Waals surface area (Å²) in [4.78, 5) is 10.9. The van der Waals surface area contributed by atoms with Gasteiger partial charge in [-0.05, 0) is 0 Å². The van der Waals surface area contributed by atoms with E-state index in [-0.39, 0.29) is 16.1 Å². The summed E-state index contributed by atoms with van der Waals surface area (Å²) in [5.41, 5.74) is 0.892. The minimum atomic E-state index is -0.737. The molecule has 0 aliphatic rings. The lowest BCUT2D eigenvalue weighted by Gasteiger charge is -2.08. The topological polar surface area (TPSA) is 37.3 Å². The van der Waals surface area contributed by atoms with Crippen molar-refractivity contribution in [3.63, 3.8) is 0 Å². The maximum Gasteiger partial charge on any atom is 0.361 e. The van der Waals surface area contributed by atoms with Crippen LogP contribution in [0.4, 0.5) is 0 Å². The molecule has 1 unspecified atom stereocenters. The van der Waals surface area contributed by atoms with Crippen LogP contribution in [0.25, 0.3) is 0 Å². The zero-order valence-electron chi connectivity index (χ0n) is 7.73.